The molecule has 0 aliphatic rings. The zero-order valence-corrected chi connectivity index (χ0v) is 11.9. The summed E-state index contributed by atoms with van der Waals surface area (Å²) in [5.74, 6) is 0.632. The predicted molar refractivity (Wildman–Crippen MR) is 69.7 cm³/mol. The third-order valence-electron chi connectivity index (χ3n) is 2.53. The number of carbonyl (C=O) groups is 1. The van der Waals surface area contributed by atoms with Gasteiger partial charge < -0.3 is 14.2 Å². The Balaban J connectivity index is 2.92. The fourth-order valence-electron chi connectivity index (χ4n) is 1.44. The van der Waals surface area contributed by atoms with Gasteiger partial charge in [0.25, 0.3) is 6.36 Å². The second-order valence-corrected chi connectivity index (χ2v) is 5.18. The van der Waals surface area contributed by atoms with Crippen LogP contribution in [0, 0.1) is 0 Å². The molecule has 0 spiro atoms. The first-order valence-corrected chi connectivity index (χ1v) is 6.04. The van der Waals surface area contributed by atoms with Gasteiger partial charge in [-0.1, -0.05) is 20.8 Å². The molecule has 1 aromatic carbocycles. The van der Waals surface area contributed by atoms with Gasteiger partial charge in [-0.3, -0.25) is 0 Å². The molecule has 0 bridgehead atoms. The van der Waals surface area contributed by atoms with Crippen LogP contribution in [0.15, 0.2) is 18.2 Å². The predicted octanol–water partition coefficient (Wildman–Crippen LogP) is 3.77. The molecule has 0 saturated carbocycles. The van der Waals surface area contributed by atoms with Crippen molar-refractivity contribution in [1.29, 1.82) is 0 Å². The van der Waals surface area contributed by atoms with E-state index < -0.39 is 19.2 Å². The minimum atomic E-state index is -2.32. The van der Waals surface area contributed by atoms with Crippen LogP contribution in [0.25, 0.3) is 0 Å². The van der Waals surface area contributed by atoms with E-state index in [9.17, 15) is 13.6 Å². The van der Waals surface area contributed by atoms with Crippen LogP contribution in [-0.4, -0.2) is 26.3 Å². The van der Waals surface area contributed by atoms with E-state index in [4.69, 9.17) is 9.47 Å². The van der Waals surface area contributed by atoms with E-state index in [0.717, 1.165) is 5.56 Å². The lowest BCUT2D eigenvalue weighted by molar-refractivity contribution is -0.0231. The molecule has 0 aromatic heterocycles. The maximum Gasteiger partial charge on any atom is 0.516 e. The van der Waals surface area contributed by atoms with Crippen molar-refractivity contribution in [2.75, 3.05) is 13.8 Å². The van der Waals surface area contributed by atoms with Crippen molar-refractivity contribution in [3.05, 3.63) is 23.8 Å². The normalized spacial score (nSPS) is 12.7. The Kier molecular flexibility index (Phi) is 5.30. The Morgan fingerprint density at radius 1 is 1.25 bits per heavy atom. The van der Waals surface area contributed by atoms with Crippen LogP contribution < -0.4 is 9.47 Å². The largest absolute Gasteiger partial charge is 0.516 e. The number of hydrogen-bond donors (Lipinski definition) is 0. The number of hydrogen-bond acceptors (Lipinski definition) is 4. The van der Waals surface area contributed by atoms with E-state index >= 15 is 0 Å². The Morgan fingerprint density at radius 2 is 1.85 bits per heavy atom. The van der Waals surface area contributed by atoms with Gasteiger partial charge in [-0.15, -0.1) is 0 Å². The van der Waals surface area contributed by atoms with Crippen LogP contribution in [0.2, 0.25) is 0 Å². The summed E-state index contributed by atoms with van der Waals surface area (Å²) in [5, 5.41) is 0. The quantitative estimate of drug-likeness (QED) is 0.625. The third-order valence-corrected chi connectivity index (χ3v) is 2.53. The molecule has 0 N–H and O–H groups in total. The lowest BCUT2D eigenvalue weighted by atomic mass is 9.87. The standard InChI is InChI=1S/C14H18F2O4/c1-14(2,3)9-5-10(18-4)7-11(6-9)19-13(17)20-12(16)8-15/h5-7,12H,8H2,1-4H3. The molecule has 1 atom stereocenters. The highest BCUT2D eigenvalue weighted by molar-refractivity contribution is 5.64. The number of carbonyl (C=O) groups excluding carboxylic acids is 1. The molecule has 112 valence electrons. The lowest BCUT2D eigenvalue weighted by Gasteiger charge is -2.20. The van der Waals surface area contributed by atoms with Crippen molar-refractivity contribution in [3.8, 4) is 11.5 Å². The summed E-state index contributed by atoms with van der Waals surface area (Å²) in [4.78, 5) is 11.3. The van der Waals surface area contributed by atoms with Crippen LogP contribution in [-0.2, 0) is 10.2 Å². The highest BCUT2D eigenvalue weighted by atomic mass is 19.2. The van der Waals surface area contributed by atoms with Crippen molar-refractivity contribution < 1.29 is 27.8 Å². The van der Waals surface area contributed by atoms with Gasteiger partial charge in [0, 0.05) is 6.07 Å². The van der Waals surface area contributed by atoms with Crippen LogP contribution >= 0.6 is 0 Å². The maximum absolute atomic E-state index is 12.6. The molecule has 0 radical (unpaired) electrons. The maximum atomic E-state index is 12.6. The second kappa shape index (κ2) is 6.54. The van der Waals surface area contributed by atoms with E-state index in [-0.39, 0.29) is 11.2 Å². The van der Waals surface area contributed by atoms with Gasteiger partial charge in [0.1, 0.15) is 11.5 Å². The van der Waals surface area contributed by atoms with Crippen molar-refractivity contribution >= 4 is 6.16 Å². The summed E-state index contributed by atoms with van der Waals surface area (Å²) in [6.07, 6.45) is -3.63. The molecule has 6 heteroatoms. The van der Waals surface area contributed by atoms with E-state index in [1.165, 1.54) is 13.2 Å². The zero-order chi connectivity index (χ0) is 15.3. The van der Waals surface area contributed by atoms with E-state index in [1.807, 2.05) is 20.8 Å². The molecule has 0 fully saturated rings. The molecule has 4 nitrogen and oxygen atoms in total. The van der Waals surface area contributed by atoms with Crippen LogP contribution in [0.4, 0.5) is 13.6 Å². The summed E-state index contributed by atoms with van der Waals surface area (Å²) in [6, 6.07) is 4.88. The molecule has 1 rings (SSSR count). The van der Waals surface area contributed by atoms with Gasteiger partial charge in [0.2, 0.25) is 0 Å². The summed E-state index contributed by atoms with van der Waals surface area (Å²) in [7, 11) is 1.48. The van der Waals surface area contributed by atoms with Gasteiger partial charge >= 0.3 is 6.16 Å². The summed E-state index contributed by atoms with van der Waals surface area (Å²) >= 11 is 0. The number of rotatable bonds is 4. The van der Waals surface area contributed by atoms with Crippen molar-refractivity contribution in [3.63, 3.8) is 0 Å². The fraction of sp³-hybridized carbons (Fsp3) is 0.500. The molecule has 0 saturated heterocycles. The van der Waals surface area contributed by atoms with E-state index in [0.29, 0.717) is 5.75 Å². The van der Waals surface area contributed by atoms with E-state index in [1.54, 1.807) is 12.1 Å². The minimum absolute atomic E-state index is 0.144. The van der Waals surface area contributed by atoms with Crippen molar-refractivity contribution in [1.82, 2.24) is 0 Å². The van der Waals surface area contributed by atoms with Gasteiger partial charge in [0.15, 0.2) is 6.67 Å². The molecule has 1 aromatic rings. The van der Waals surface area contributed by atoms with E-state index in [2.05, 4.69) is 4.74 Å². The first-order valence-electron chi connectivity index (χ1n) is 6.04. The van der Waals surface area contributed by atoms with Crippen LogP contribution in [0.5, 0.6) is 11.5 Å². The number of benzene rings is 1. The van der Waals surface area contributed by atoms with Gasteiger partial charge in [-0.2, -0.15) is 4.39 Å². The highest BCUT2D eigenvalue weighted by Gasteiger charge is 2.19. The molecular weight excluding hydrogens is 270 g/mol. The Bertz CT molecular complexity index is 469. The highest BCUT2D eigenvalue weighted by Crippen LogP contribution is 2.31. The first kappa shape index (κ1) is 16.2. The summed E-state index contributed by atoms with van der Waals surface area (Å²) in [6.45, 7) is 4.51. The number of alkyl halides is 2. The smallest absolute Gasteiger partial charge is 0.497 e. The number of methoxy groups -OCH3 is 1. The topological polar surface area (TPSA) is 44.8 Å². The zero-order valence-electron chi connectivity index (χ0n) is 11.9. The average molecular weight is 288 g/mol. The molecule has 0 aliphatic heterocycles. The number of ether oxygens (including phenoxy) is 3. The van der Waals surface area contributed by atoms with Crippen molar-refractivity contribution in [2.45, 2.75) is 32.5 Å². The molecular formula is C14H18F2O4. The Morgan fingerprint density at radius 3 is 2.35 bits per heavy atom. The molecule has 1 unspecified atom stereocenters. The fourth-order valence-corrected chi connectivity index (χ4v) is 1.44. The summed E-state index contributed by atoms with van der Waals surface area (Å²) < 4.78 is 38.5. The van der Waals surface area contributed by atoms with Crippen LogP contribution in [0.3, 0.4) is 0 Å². The monoisotopic (exact) mass is 288 g/mol. The minimum Gasteiger partial charge on any atom is -0.497 e. The SMILES string of the molecule is COc1cc(OC(=O)OC(F)CF)cc(C(C)(C)C)c1. The summed E-state index contributed by atoms with van der Waals surface area (Å²) in [5.41, 5.74) is 0.667. The molecule has 0 heterocycles. The third kappa shape index (κ3) is 4.68. The Labute approximate surface area is 116 Å². The average Bonchev–Trinajstić information content (AvgIpc) is 2.36. The molecule has 0 aliphatic carbocycles. The van der Waals surface area contributed by atoms with Crippen molar-refractivity contribution in [2.24, 2.45) is 0 Å². The first-order chi connectivity index (χ1) is 9.26. The number of halogens is 2. The lowest BCUT2D eigenvalue weighted by Crippen LogP contribution is -2.19. The second-order valence-electron chi connectivity index (χ2n) is 5.18. The van der Waals surface area contributed by atoms with Gasteiger partial charge in [0.05, 0.1) is 7.11 Å². The molecule has 0 amide bonds. The van der Waals surface area contributed by atoms with Gasteiger partial charge in [-0.25, -0.2) is 9.18 Å². The molecule has 20 heavy (non-hydrogen) atoms. The Hall–Kier alpha value is -1.85. The van der Waals surface area contributed by atoms with Gasteiger partial charge in [-0.05, 0) is 23.1 Å². The van der Waals surface area contributed by atoms with Crippen LogP contribution in [0.1, 0.15) is 26.3 Å².